The van der Waals surface area contributed by atoms with Crippen molar-refractivity contribution in [2.75, 3.05) is 6.61 Å². The van der Waals surface area contributed by atoms with E-state index >= 15 is 0 Å². The molecule has 0 aromatic rings. The van der Waals surface area contributed by atoms with Crippen LogP contribution in [0.2, 0.25) is 0 Å². The van der Waals surface area contributed by atoms with Crippen LogP contribution in [0.25, 0.3) is 0 Å². The van der Waals surface area contributed by atoms with Gasteiger partial charge in [-0.05, 0) is 27.7 Å². The van der Waals surface area contributed by atoms with E-state index < -0.39 is 29.8 Å². The molecule has 3 aliphatic heterocycles. The van der Waals surface area contributed by atoms with Crippen molar-refractivity contribution in [2.45, 2.75) is 82.3 Å². The third-order valence-electron chi connectivity index (χ3n) is 4.72. The third-order valence-corrected chi connectivity index (χ3v) is 4.72. The lowest BCUT2D eigenvalue weighted by Crippen LogP contribution is -2.41. The number of hydrogen-bond acceptors (Lipinski definition) is 7. The van der Waals surface area contributed by atoms with Gasteiger partial charge in [0.25, 0.3) is 0 Å². The zero-order valence-electron chi connectivity index (χ0n) is 15.8. The minimum atomic E-state index is -0.758. The summed E-state index contributed by atoms with van der Waals surface area (Å²) < 4.78 is 35.5. The molecule has 3 rings (SSSR count). The van der Waals surface area contributed by atoms with Gasteiger partial charge in [0.1, 0.15) is 36.6 Å². The molecule has 26 heavy (non-hydrogen) atoms. The molecule has 146 valence electrons. The van der Waals surface area contributed by atoms with Crippen LogP contribution in [0.4, 0.5) is 0 Å². The van der Waals surface area contributed by atoms with E-state index in [9.17, 15) is 4.79 Å². The quantitative estimate of drug-likeness (QED) is 0.404. The van der Waals surface area contributed by atoms with E-state index in [1.54, 1.807) is 6.08 Å². The van der Waals surface area contributed by atoms with Gasteiger partial charge < -0.3 is 28.4 Å². The highest BCUT2D eigenvalue weighted by Crippen LogP contribution is 2.43. The van der Waals surface area contributed by atoms with Crippen molar-refractivity contribution in [1.29, 1.82) is 0 Å². The Labute approximate surface area is 154 Å². The Kier molecular flexibility index (Phi) is 5.29. The number of rotatable bonds is 6. The fourth-order valence-corrected chi connectivity index (χ4v) is 3.75. The van der Waals surface area contributed by atoms with Crippen LogP contribution < -0.4 is 0 Å². The molecular formula is C19H28O7. The number of esters is 1. The van der Waals surface area contributed by atoms with Crippen molar-refractivity contribution in [3.63, 3.8) is 0 Å². The van der Waals surface area contributed by atoms with Gasteiger partial charge in [-0.1, -0.05) is 12.7 Å². The number of carbonyl (C=O) groups excluding carboxylic acids is 1. The highest BCUT2D eigenvalue weighted by Gasteiger charge is 2.60. The van der Waals surface area contributed by atoms with Gasteiger partial charge in [-0.25, -0.2) is 4.79 Å². The second kappa shape index (κ2) is 7.05. The molecule has 0 aromatic heterocycles. The summed E-state index contributed by atoms with van der Waals surface area (Å²) in [5.74, 6) is -1.95. The van der Waals surface area contributed by atoms with E-state index in [4.69, 9.17) is 28.4 Å². The number of hydrogen-bond donors (Lipinski definition) is 0. The monoisotopic (exact) mass is 368 g/mol. The average molecular weight is 368 g/mol. The summed E-state index contributed by atoms with van der Waals surface area (Å²) in [6.45, 7) is 15.0. The average Bonchev–Trinajstić information content (AvgIpc) is 3.16. The normalized spacial score (nSPS) is 38.5. The van der Waals surface area contributed by atoms with Crippen molar-refractivity contribution < 1.29 is 33.2 Å². The van der Waals surface area contributed by atoms with E-state index in [0.717, 1.165) is 6.08 Å². The predicted molar refractivity (Wildman–Crippen MR) is 92.3 cm³/mol. The fraction of sp³-hybridized carbons (Fsp3) is 0.737. The Morgan fingerprint density at radius 2 is 1.81 bits per heavy atom. The van der Waals surface area contributed by atoms with Gasteiger partial charge in [0, 0.05) is 12.5 Å². The second-order valence-corrected chi connectivity index (χ2v) is 7.70. The Hall–Kier alpha value is -1.25. The van der Waals surface area contributed by atoms with Gasteiger partial charge in [0.05, 0.1) is 6.61 Å². The van der Waals surface area contributed by atoms with Crippen molar-refractivity contribution >= 4 is 5.97 Å². The van der Waals surface area contributed by atoms with Crippen LogP contribution in [0, 0.1) is 0 Å². The maximum atomic E-state index is 11.7. The second-order valence-electron chi connectivity index (χ2n) is 7.70. The Balaban J connectivity index is 1.82. The van der Waals surface area contributed by atoms with Crippen molar-refractivity contribution in [1.82, 2.24) is 0 Å². The molecule has 3 saturated heterocycles. The van der Waals surface area contributed by atoms with Crippen molar-refractivity contribution in [2.24, 2.45) is 0 Å². The molecule has 7 heteroatoms. The molecule has 0 aromatic carbocycles. The van der Waals surface area contributed by atoms with Gasteiger partial charge in [-0.2, -0.15) is 0 Å². The lowest BCUT2D eigenvalue weighted by atomic mass is 10.00. The van der Waals surface area contributed by atoms with Crippen LogP contribution in [0.1, 0.15) is 34.1 Å². The molecule has 0 amide bonds. The lowest BCUT2D eigenvalue weighted by molar-refractivity contribution is -0.217. The Morgan fingerprint density at radius 3 is 2.38 bits per heavy atom. The van der Waals surface area contributed by atoms with Gasteiger partial charge in [-0.15, -0.1) is 6.58 Å². The molecule has 0 bridgehead atoms. The van der Waals surface area contributed by atoms with Crippen LogP contribution in [0.15, 0.2) is 25.3 Å². The molecule has 0 radical (unpaired) electrons. The zero-order chi connectivity index (χ0) is 19.1. The van der Waals surface area contributed by atoms with Gasteiger partial charge in [0.2, 0.25) is 0 Å². The van der Waals surface area contributed by atoms with E-state index in [0.29, 0.717) is 13.0 Å². The van der Waals surface area contributed by atoms with Gasteiger partial charge in [-0.3, -0.25) is 0 Å². The van der Waals surface area contributed by atoms with Gasteiger partial charge in [0.15, 0.2) is 11.6 Å². The minimum Gasteiger partial charge on any atom is -0.456 e. The standard InChI is InChI=1S/C19H28O7/c1-7-9-11(22-13(20)8-2)14-16-17(26-19(5,6)25-16)15(23-14)12-10-21-18(3,4)24-12/h7-8,11-12,14-17H,1-2,9-10H2,3-6H3/t11-,12-,14-,15-,16-,17+/m1/s1. The Bertz CT molecular complexity index is 570. The summed E-state index contributed by atoms with van der Waals surface area (Å²) in [5, 5.41) is 0. The van der Waals surface area contributed by atoms with Crippen LogP contribution in [0.5, 0.6) is 0 Å². The molecule has 6 atom stereocenters. The maximum absolute atomic E-state index is 11.7. The topological polar surface area (TPSA) is 72.5 Å². The zero-order valence-corrected chi connectivity index (χ0v) is 15.8. The van der Waals surface area contributed by atoms with E-state index in [1.165, 1.54) is 0 Å². The molecule has 0 unspecified atom stereocenters. The highest BCUT2D eigenvalue weighted by atomic mass is 16.8. The summed E-state index contributed by atoms with van der Waals surface area (Å²) in [7, 11) is 0. The predicted octanol–water partition coefficient (Wildman–Crippen LogP) is 2.10. The summed E-state index contributed by atoms with van der Waals surface area (Å²) in [6, 6.07) is 0. The van der Waals surface area contributed by atoms with Gasteiger partial charge >= 0.3 is 5.97 Å². The summed E-state index contributed by atoms with van der Waals surface area (Å²) in [4.78, 5) is 11.7. The lowest BCUT2D eigenvalue weighted by Gasteiger charge is -2.29. The minimum absolute atomic E-state index is 0.292. The largest absolute Gasteiger partial charge is 0.456 e. The number of carbonyl (C=O) groups is 1. The summed E-state index contributed by atoms with van der Waals surface area (Å²) >= 11 is 0. The highest BCUT2D eigenvalue weighted by molar-refractivity contribution is 5.81. The first-order chi connectivity index (χ1) is 12.2. The van der Waals surface area contributed by atoms with Crippen LogP contribution in [-0.4, -0.2) is 60.8 Å². The van der Waals surface area contributed by atoms with Crippen molar-refractivity contribution in [3.05, 3.63) is 25.3 Å². The molecule has 3 fully saturated rings. The summed E-state index contributed by atoms with van der Waals surface area (Å²) in [5.41, 5.74) is 0. The molecule has 0 saturated carbocycles. The van der Waals surface area contributed by atoms with Crippen LogP contribution in [-0.2, 0) is 33.2 Å². The van der Waals surface area contributed by atoms with E-state index in [1.807, 2.05) is 27.7 Å². The molecule has 7 nitrogen and oxygen atoms in total. The van der Waals surface area contributed by atoms with E-state index in [-0.39, 0.29) is 24.4 Å². The van der Waals surface area contributed by atoms with Crippen LogP contribution >= 0.6 is 0 Å². The van der Waals surface area contributed by atoms with Crippen molar-refractivity contribution in [3.8, 4) is 0 Å². The first-order valence-corrected chi connectivity index (χ1v) is 8.92. The van der Waals surface area contributed by atoms with E-state index in [2.05, 4.69) is 13.2 Å². The fourth-order valence-electron chi connectivity index (χ4n) is 3.75. The van der Waals surface area contributed by atoms with Crippen LogP contribution in [0.3, 0.4) is 0 Å². The maximum Gasteiger partial charge on any atom is 0.330 e. The first-order valence-electron chi connectivity index (χ1n) is 8.92. The molecule has 0 N–H and O–H groups in total. The molecule has 3 heterocycles. The molecule has 3 aliphatic rings. The summed E-state index contributed by atoms with van der Waals surface area (Å²) in [6.07, 6.45) is 0.791. The SMILES string of the molecule is C=CC[C@@H](OC(=O)C=C)[C@H]1O[C@H]([C@H]2COC(C)(C)O2)[C@@H]2OC(C)(C)O[C@@H]21. The smallest absolute Gasteiger partial charge is 0.330 e. The Morgan fingerprint density at radius 1 is 1.12 bits per heavy atom. The molecule has 0 spiro atoms. The molecular weight excluding hydrogens is 340 g/mol. The number of fused-ring (bicyclic) bond motifs is 1. The molecule has 0 aliphatic carbocycles. The first kappa shape index (κ1) is 19.5. The number of ether oxygens (including phenoxy) is 6. The third kappa shape index (κ3) is 3.87.